The number of carbonyl (C=O) groups excluding carboxylic acids is 1. The number of anilines is 3. The van der Waals surface area contributed by atoms with Crippen LogP contribution in [0.4, 0.5) is 22.7 Å². The number of hydrogen-bond donors (Lipinski definition) is 2. The summed E-state index contributed by atoms with van der Waals surface area (Å²) < 4.78 is 5.03. The van der Waals surface area contributed by atoms with Crippen LogP contribution < -0.4 is 15.4 Å². The summed E-state index contributed by atoms with van der Waals surface area (Å²) >= 11 is 0. The van der Waals surface area contributed by atoms with Crippen LogP contribution in [0.3, 0.4) is 0 Å². The number of nitrogens with zero attached hydrogens (tertiary/aromatic N) is 2. The first-order valence-corrected chi connectivity index (χ1v) is 8.39. The van der Waals surface area contributed by atoms with Gasteiger partial charge in [-0.25, -0.2) is 0 Å². The van der Waals surface area contributed by atoms with Crippen LogP contribution in [0.2, 0.25) is 0 Å². The van der Waals surface area contributed by atoms with E-state index in [0.717, 1.165) is 5.56 Å². The monoisotopic (exact) mass is 378 g/mol. The first kappa shape index (κ1) is 18.8. The second-order valence-corrected chi connectivity index (χ2v) is 5.99. The van der Waals surface area contributed by atoms with E-state index in [9.17, 15) is 14.9 Å². The van der Waals surface area contributed by atoms with Gasteiger partial charge < -0.3 is 15.4 Å². The van der Waals surface area contributed by atoms with Crippen molar-refractivity contribution in [3.05, 3.63) is 82.2 Å². The molecule has 8 nitrogen and oxygen atoms in total. The summed E-state index contributed by atoms with van der Waals surface area (Å²) in [7, 11) is 1.45. The normalized spacial score (nSPS) is 10.2. The topological polar surface area (TPSA) is 106 Å². The number of amides is 1. The molecule has 1 aromatic heterocycles. The number of carbonyl (C=O) groups is 1. The Kier molecular flexibility index (Phi) is 5.50. The van der Waals surface area contributed by atoms with E-state index in [4.69, 9.17) is 4.74 Å². The molecule has 2 N–H and O–H groups in total. The van der Waals surface area contributed by atoms with Gasteiger partial charge in [-0.1, -0.05) is 0 Å². The second kappa shape index (κ2) is 8.17. The van der Waals surface area contributed by atoms with Crippen LogP contribution in [0.15, 0.2) is 60.9 Å². The molecule has 0 bridgehead atoms. The molecule has 0 saturated heterocycles. The summed E-state index contributed by atoms with van der Waals surface area (Å²) in [5.74, 6) is 0.151. The Hall–Kier alpha value is -3.94. The summed E-state index contributed by atoms with van der Waals surface area (Å²) in [6.07, 6.45) is 3.15. The third-order valence-corrected chi connectivity index (χ3v) is 4.11. The maximum Gasteiger partial charge on any atom is 0.296 e. The molecule has 2 aromatic carbocycles. The van der Waals surface area contributed by atoms with E-state index in [0.29, 0.717) is 28.4 Å². The maximum absolute atomic E-state index is 12.3. The van der Waals surface area contributed by atoms with E-state index in [-0.39, 0.29) is 11.6 Å². The number of benzene rings is 2. The Morgan fingerprint density at radius 2 is 1.82 bits per heavy atom. The van der Waals surface area contributed by atoms with Crippen LogP contribution in [0.25, 0.3) is 0 Å². The van der Waals surface area contributed by atoms with Crippen LogP contribution >= 0.6 is 0 Å². The Morgan fingerprint density at radius 3 is 2.46 bits per heavy atom. The highest BCUT2D eigenvalue weighted by atomic mass is 16.6. The molecule has 0 atom stereocenters. The Bertz CT molecular complexity index is 1020. The molecule has 1 heterocycles. The van der Waals surface area contributed by atoms with Crippen molar-refractivity contribution in [1.82, 2.24) is 4.98 Å². The molecule has 3 aromatic rings. The fourth-order valence-corrected chi connectivity index (χ4v) is 2.59. The van der Waals surface area contributed by atoms with E-state index >= 15 is 0 Å². The number of nitrogens with one attached hydrogen (secondary N) is 2. The summed E-state index contributed by atoms with van der Waals surface area (Å²) in [4.78, 5) is 27.1. The largest absolute Gasteiger partial charge is 0.496 e. The zero-order valence-corrected chi connectivity index (χ0v) is 15.3. The van der Waals surface area contributed by atoms with Crippen molar-refractivity contribution in [2.75, 3.05) is 17.7 Å². The minimum atomic E-state index is -0.477. The molecule has 0 spiro atoms. The maximum atomic E-state index is 12.3. The molecular formula is C20H18N4O4. The lowest BCUT2D eigenvalue weighted by atomic mass is 10.1. The second-order valence-electron chi connectivity index (χ2n) is 5.99. The molecule has 0 aliphatic rings. The predicted molar refractivity (Wildman–Crippen MR) is 106 cm³/mol. The molecular weight excluding hydrogens is 360 g/mol. The van der Waals surface area contributed by atoms with Crippen molar-refractivity contribution in [2.45, 2.75) is 6.92 Å². The lowest BCUT2D eigenvalue weighted by molar-refractivity contribution is -0.384. The number of pyridine rings is 1. The molecule has 0 fully saturated rings. The number of rotatable bonds is 6. The third-order valence-electron chi connectivity index (χ3n) is 4.11. The SMILES string of the molecule is COc1ccc(Nc2ccc(NC(=O)c3cnccc3C)cc2)c([N+](=O)[O-])c1. The fourth-order valence-electron chi connectivity index (χ4n) is 2.59. The quantitative estimate of drug-likeness (QED) is 0.489. The lowest BCUT2D eigenvalue weighted by Crippen LogP contribution is -2.13. The van der Waals surface area contributed by atoms with Gasteiger partial charge in [0.15, 0.2) is 0 Å². The molecule has 3 rings (SSSR count). The zero-order valence-electron chi connectivity index (χ0n) is 15.3. The summed E-state index contributed by atoms with van der Waals surface area (Å²) in [6, 6.07) is 13.2. The smallest absolute Gasteiger partial charge is 0.296 e. The minimum absolute atomic E-state index is 0.0937. The van der Waals surface area contributed by atoms with Crippen LogP contribution in [-0.2, 0) is 0 Å². The van der Waals surface area contributed by atoms with Crippen molar-refractivity contribution in [1.29, 1.82) is 0 Å². The van der Waals surface area contributed by atoms with Gasteiger partial charge in [-0.15, -0.1) is 0 Å². The number of hydrogen-bond acceptors (Lipinski definition) is 6. The van der Waals surface area contributed by atoms with Crippen molar-refractivity contribution < 1.29 is 14.5 Å². The van der Waals surface area contributed by atoms with Gasteiger partial charge in [0.25, 0.3) is 11.6 Å². The minimum Gasteiger partial charge on any atom is -0.496 e. The van der Waals surface area contributed by atoms with Gasteiger partial charge in [0.05, 0.1) is 23.7 Å². The van der Waals surface area contributed by atoms with Crippen molar-refractivity contribution in [3.8, 4) is 5.75 Å². The van der Waals surface area contributed by atoms with Crippen LogP contribution in [0.5, 0.6) is 5.75 Å². The highest BCUT2D eigenvalue weighted by Crippen LogP contribution is 2.31. The van der Waals surface area contributed by atoms with Gasteiger partial charge in [-0.05, 0) is 55.0 Å². The summed E-state index contributed by atoms with van der Waals surface area (Å²) in [5, 5.41) is 17.1. The van der Waals surface area contributed by atoms with E-state index in [2.05, 4.69) is 15.6 Å². The number of nitro groups is 1. The predicted octanol–water partition coefficient (Wildman–Crippen LogP) is 4.30. The van der Waals surface area contributed by atoms with Crippen LogP contribution in [0, 0.1) is 17.0 Å². The number of aryl methyl sites for hydroxylation is 1. The van der Waals surface area contributed by atoms with E-state index in [1.54, 1.807) is 48.7 Å². The molecule has 0 radical (unpaired) electrons. The Balaban J connectivity index is 1.74. The van der Waals surface area contributed by atoms with Crippen LogP contribution in [-0.4, -0.2) is 22.9 Å². The lowest BCUT2D eigenvalue weighted by Gasteiger charge is -2.10. The van der Waals surface area contributed by atoms with Crippen LogP contribution in [0.1, 0.15) is 15.9 Å². The standard InChI is InChI=1S/C20H18N4O4/c1-13-9-10-21-12-17(13)20(25)23-15-5-3-14(4-6-15)22-18-8-7-16(28-2)11-19(18)24(26)27/h3-12,22H,1-2H3,(H,23,25). The number of ether oxygens (including phenoxy) is 1. The summed E-state index contributed by atoms with van der Waals surface area (Å²) in [6.45, 7) is 1.84. The Morgan fingerprint density at radius 1 is 1.11 bits per heavy atom. The average Bonchev–Trinajstić information content (AvgIpc) is 2.70. The van der Waals surface area contributed by atoms with Gasteiger partial charge in [-0.2, -0.15) is 0 Å². The fraction of sp³-hybridized carbons (Fsp3) is 0.100. The average molecular weight is 378 g/mol. The molecule has 0 saturated carbocycles. The molecule has 0 aliphatic heterocycles. The third kappa shape index (κ3) is 4.24. The number of aromatic nitrogens is 1. The van der Waals surface area contributed by atoms with Gasteiger partial charge in [-0.3, -0.25) is 19.9 Å². The molecule has 8 heteroatoms. The highest BCUT2D eigenvalue weighted by molar-refractivity contribution is 6.05. The highest BCUT2D eigenvalue weighted by Gasteiger charge is 2.15. The van der Waals surface area contributed by atoms with Crippen molar-refractivity contribution in [2.24, 2.45) is 0 Å². The Labute approximate surface area is 161 Å². The molecule has 0 aliphatic carbocycles. The van der Waals surface area contributed by atoms with Gasteiger partial charge >= 0.3 is 0 Å². The van der Waals surface area contributed by atoms with E-state index in [1.165, 1.54) is 19.4 Å². The van der Waals surface area contributed by atoms with Crippen molar-refractivity contribution >= 4 is 28.7 Å². The van der Waals surface area contributed by atoms with E-state index in [1.807, 2.05) is 6.92 Å². The molecule has 28 heavy (non-hydrogen) atoms. The van der Waals surface area contributed by atoms with Crippen molar-refractivity contribution in [3.63, 3.8) is 0 Å². The number of nitro benzene ring substituents is 1. The summed E-state index contributed by atoms with van der Waals surface area (Å²) in [5.41, 5.74) is 2.82. The van der Waals surface area contributed by atoms with Gasteiger partial charge in [0.1, 0.15) is 11.4 Å². The first-order valence-electron chi connectivity index (χ1n) is 8.39. The van der Waals surface area contributed by atoms with E-state index < -0.39 is 4.92 Å². The first-order chi connectivity index (χ1) is 13.5. The number of methoxy groups -OCH3 is 1. The molecule has 1 amide bonds. The molecule has 0 unspecified atom stereocenters. The van der Waals surface area contributed by atoms with Gasteiger partial charge in [0, 0.05) is 23.8 Å². The van der Waals surface area contributed by atoms with Gasteiger partial charge in [0.2, 0.25) is 0 Å². The molecule has 142 valence electrons. The zero-order chi connectivity index (χ0) is 20.1.